The summed E-state index contributed by atoms with van der Waals surface area (Å²) in [5, 5.41) is -0.366. The Bertz CT molecular complexity index is 747. The van der Waals surface area contributed by atoms with Crippen LogP contribution in [0.1, 0.15) is 56.0 Å². The molecule has 0 unspecified atom stereocenters. The minimum atomic E-state index is -3.09. The third-order valence-corrected chi connectivity index (χ3v) is 6.63. The number of aryl methyl sites for hydroxylation is 3. The zero-order valence-electron chi connectivity index (χ0n) is 15.5. The van der Waals surface area contributed by atoms with Crippen molar-refractivity contribution in [2.24, 2.45) is 0 Å². The molecule has 0 atom stereocenters. The highest BCUT2D eigenvalue weighted by atomic mass is 32.2. The zero-order valence-corrected chi connectivity index (χ0v) is 16.3. The minimum Gasteiger partial charge on any atom is -0.260 e. The molecule has 0 spiro atoms. The Labute approximate surface area is 152 Å². The Kier molecular flexibility index (Phi) is 7.18. The third kappa shape index (κ3) is 6.28. The molecule has 2 rings (SSSR count). The molecule has 0 aliphatic carbocycles. The van der Waals surface area contributed by atoms with Crippen molar-refractivity contribution in [1.29, 1.82) is 0 Å². The SMILES string of the molecule is CCCCc1ccc(CCc2ccc(CS(=O)(=O)C(C)C)nc2)cc1. The molecule has 0 bridgehead atoms. The first kappa shape index (κ1) is 19.6. The van der Waals surface area contributed by atoms with E-state index in [4.69, 9.17) is 0 Å². The maximum atomic E-state index is 11.9. The van der Waals surface area contributed by atoms with Crippen LogP contribution in [0.5, 0.6) is 0 Å². The number of hydrogen-bond acceptors (Lipinski definition) is 3. The second-order valence-electron chi connectivity index (χ2n) is 6.93. The summed E-state index contributed by atoms with van der Waals surface area (Å²) >= 11 is 0. The van der Waals surface area contributed by atoms with Gasteiger partial charge in [0.2, 0.25) is 0 Å². The van der Waals surface area contributed by atoms with Crippen LogP contribution in [-0.4, -0.2) is 18.7 Å². The lowest BCUT2D eigenvalue weighted by atomic mass is 10.0. The van der Waals surface area contributed by atoms with Crippen molar-refractivity contribution in [2.75, 3.05) is 0 Å². The molecule has 0 N–H and O–H groups in total. The van der Waals surface area contributed by atoms with Crippen molar-refractivity contribution >= 4 is 9.84 Å². The summed E-state index contributed by atoms with van der Waals surface area (Å²) < 4.78 is 23.9. The topological polar surface area (TPSA) is 47.0 Å². The lowest BCUT2D eigenvalue weighted by molar-refractivity contribution is 0.586. The van der Waals surface area contributed by atoms with Crippen LogP contribution in [0, 0.1) is 0 Å². The van der Waals surface area contributed by atoms with Crippen LogP contribution >= 0.6 is 0 Å². The number of pyridine rings is 1. The van der Waals surface area contributed by atoms with Gasteiger partial charge in [-0.05, 0) is 62.3 Å². The molecule has 0 fully saturated rings. The monoisotopic (exact) mass is 359 g/mol. The maximum absolute atomic E-state index is 11.9. The highest BCUT2D eigenvalue weighted by Gasteiger charge is 2.17. The molecule has 1 aromatic heterocycles. The molecule has 0 radical (unpaired) electrons. The van der Waals surface area contributed by atoms with Gasteiger partial charge in [-0.25, -0.2) is 8.42 Å². The van der Waals surface area contributed by atoms with Crippen molar-refractivity contribution in [3.8, 4) is 0 Å². The van der Waals surface area contributed by atoms with E-state index < -0.39 is 9.84 Å². The van der Waals surface area contributed by atoms with E-state index in [2.05, 4.69) is 36.2 Å². The first-order valence-corrected chi connectivity index (χ1v) is 10.9. The van der Waals surface area contributed by atoms with Crippen LogP contribution in [0.25, 0.3) is 0 Å². The maximum Gasteiger partial charge on any atom is 0.158 e. The minimum absolute atomic E-state index is 0.0180. The van der Waals surface area contributed by atoms with Gasteiger partial charge >= 0.3 is 0 Å². The largest absolute Gasteiger partial charge is 0.260 e. The normalized spacial score (nSPS) is 11.8. The molecule has 4 heteroatoms. The van der Waals surface area contributed by atoms with Crippen molar-refractivity contribution in [1.82, 2.24) is 4.98 Å². The Morgan fingerprint density at radius 1 is 0.880 bits per heavy atom. The van der Waals surface area contributed by atoms with Crippen LogP contribution in [0.15, 0.2) is 42.6 Å². The molecule has 0 aliphatic rings. The van der Waals surface area contributed by atoms with Gasteiger partial charge in [0.1, 0.15) is 0 Å². The zero-order chi connectivity index (χ0) is 18.3. The number of rotatable bonds is 9. The molecule has 2 aromatic rings. The summed E-state index contributed by atoms with van der Waals surface area (Å²) in [4.78, 5) is 4.33. The van der Waals surface area contributed by atoms with Gasteiger partial charge < -0.3 is 0 Å². The molecule has 1 aromatic carbocycles. The fourth-order valence-electron chi connectivity index (χ4n) is 2.60. The van der Waals surface area contributed by atoms with E-state index in [9.17, 15) is 8.42 Å². The predicted molar refractivity (Wildman–Crippen MR) is 104 cm³/mol. The lowest BCUT2D eigenvalue weighted by Crippen LogP contribution is -2.16. The fourth-order valence-corrected chi connectivity index (χ4v) is 3.52. The average molecular weight is 360 g/mol. The molecule has 0 amide bonds. The van der Waals surface area contributed by atoms with Gasteiger partial charge in [-0.1, -0.05) is 43.7 Å². The predicted octanol–water partition coefficient (Wildman–Crippen LogP) is 4.53. The Morgan fingerprint density at radius 2 is 1.44 bits per heavy atom. The van der Waals surface area contributed by atoms with Crippen LogP contribution in [0.3, 0.4) is 0 Å². The molecule has 136 valence electrons. The summed E-state index contributed by atoms with van der Waals surface area (Å²) in [5.41, 5.74) is 4.49. The van der Waals surface area contributed by atoms with Crippen LogP contribution in [0.4, 0.5) is 0 Å². The van der Waals surface area contributed by atoms with Crippen LogP contribution < -0.4 is 0 Å². The summed E-state index contributed by atoms with van der Waals surface area (Å²) in [7, 11) is -3.09. The number of sulfone groups is 1. The van der Waals surface area contributed by atoms with E-state index in [1.807, 2.05) is 12.1 Å². The lowest BCUT2D eigenvalue weighted by Gasteiger charge is -2.08. The number of benzene rings is 1. The second-order valence-corrected chi connectivity index (χ2v) is 9.49. The number of hydrogen-bond donors (Lipinski definition) is 0. The van der Waals surface area contributed by atoms with Crippen LogP contribution in [0.2, 0.25) is 0 Å². The van der Waals surface area contributed by atoms with Gasteiger partial charge in [-0.2, -0.15) is 0 Å². The number of aromatic nitrogens is 1. The second kappa shape index (κ2) is 9.14. The van der Waals surface area contributed by atoms with E-state index in [0.29, 0.717) is 5.69 Å². The quantitative estimate of drug-likeness (QED) is 0.661. The van der Waals surface area contributed by atoms with E-state index >= 15 is 0 Å². The van der Waals surface area contributed by atoms with E-state index in [1.54, 1.807) is 20.0 Å². The number of unbranched alkanes of at least 4 members (excludes halogenated alkanes) is 1. The van der Waals surface area contributed by atoms with Crippen LogP contribution in [-0.2, 0) is 34.9 Å². The third-order valence-electron chi connectivity index (χ3n) is 4.50. The van der Waals surface area contributed by atoms with Gasteiger partial charge in [-0.3, -0.25) is 4.98 Å². The Morgan fingerprint density at radius 3 is 1.96 bits per heavy atom. The van der Waals surface area contributed by atoms with Crippen molar-refractivity contribution < 1.29 is 8.42 Å². The molecule has 0 aliphatic heterocycles. The van der Waals surface area contributed by atoms with E-state index in [1.165, 1.54) is 24.0 Å². The Hall–Kier alpha value is -1.68. The van der Waals surface area contributed by atoms with Gasteiger partial charge in [0, 0.05) is 6.20 Å². The molecular formula is C21H29NO2S. The van der Waals surface area contributed by atoms with Gasteiger partial charge in [0.15, 0.2) is 9.84 Å². The first-order valence-electron chi connectivity index (χ1n) is 9.14. The molecule has 0 saturated carbocycles. The molecular weight excluding hydrogens is 330 g/mol. The average Bonchev–Trinajstić information content (AvgIpc) is 2.60. The van der Waals surface area contributed by atoms with Crippen molar-refractivity contribution in [3.63, 3.8) is 0 Å². The molecule has 25 heavy (non-hydrogen) atoms. The standard InChI is InChI=1S/C21H29NO2S/c1-4-5-6-18-7-9-19(10-8-18)11-12-20-13-14-21(22-15-20)16-25(23,24)17(2)3/h7-10,13-15,17H,4-6,11-12,16H2,1-3H3. The van der Waals surface area contributed by atoms with E-state index in [0.717, 1.165) is 24.8 Å². The van der Waals surface area contributed by atoms with Gasteiger partial charge in [0.25, 0.3) is 0 Å². The molecule has 3 nitrogen and oxygen atoms in total. The Balaban J connectivity index is 1.89. The van der Waals surface area contributed by atoms with Crippen molar-refractivity contribution in [2.45, 2.75) is 63.9 Å². The van der Waals surface area contributed by atoms with Crippen molar-refractivity contribution in [3.05, 3.63) is 65.0 Å². The fraction of sp³-hybridized carbons (Fsp3) is 0.476. The summed E-state index contributed by atoms with van der Waals surface area (Å²) in [5.74, 6) is 0.0180. The molecule has 1 heterocycles. The smallest absolute Gasteiger partial charge is 0.158 e. The van der Waals surface area contributed by atoms with Gasteiger partial charge in [0.05, 0.1) is 16.7 Å². The summed E-state index contributed by atoms with van der Waals surface area (Å²) in [6, 6.07) is 12.7. The highest BCUT2D eigenvalue weighted by Crippen LogP contribution is 2.13. The first-order chi connectivity index (χ1) is 11.9. The van der Waals surface area contributed by atoms with Gasteiger partial charge in [-0.15, -0.1) is 0 Å². The molecule has 0 saturated heterocycles. The summed E-state index contributed by atoms with van der Waals surface area (Å²) in [6.45, 7) is 5.63. The summed E-state index contributed by atoms with van der Waals surface area (Å²) in [6.07, 6.45) is 7.31. The highest BCUT2D eigenvalue weighted by molar-refractivity contribution is 7.91. The number of nitrogens with zero attached hydrogens (tertiary/aromatic N) is 1. The van der Waals surface area contributed by atoms with E-state index in [-0.39, 0.29) is 11.0 Å².